The van der Waals surface area contributed by atoms with Gasteiger partial charge >= 0.3 is 0 Å². The van der Waals surface area contributed by atoms with Crippen molar-refractivity contribution in [2.75, 3.05) is 39.3 Å². The third-order valence-corrected chi connectivity index (χ3v) is 6.18. The first kappa shape index (κ1) is 19.8. The van der Waals surface area contributed by atoms with E-state index in [-0.39, 0.29) is 17.2 Å². The molecular formula is C24H27N5O2. The summed E-state index contributed by atoms with van der Waals surface area (Å²) in [6.07, 6.45) is 1.93. The van der Waals surface area contributed by atoms with Crippen LogP contribution in [0, 0.1) is 0 Å². The first-order chi connectivity index (χ1) is 15.2. The van der Waals surface area contributed by atoms with Gasteiger partial charge in [-0.25, -0.2) is 0 Å². The van der Waals surface area contributed by atoms with Crippen molar-refractivity contribution in [1.29, 1.82) is 0 Å². The number of carbonyl (C=O) groups is 1. The van der Waals surface area contributed by atoms with Crippen molar-refractivity contribution in [2.45, 2.75) is 12.8 Å². The Morgan fingerprint density at radius 3 is 3.00 bits per heavy atom. The minimum Gasteiger partial charge on any atom is -0.507 e. The van der Waals surface area contributed by atoms with E-state index in [4.69, 9.17) is 0 Å². The minimum atomic E-state index is -0.261. The van der Waals surface area contributed by atoms with Crippen LogP contribution >= 0.6 is 0 Å². The number of phenolic OH excluding ortho intramolecular Hbond substituents is 1. The third-order valence-electron chi connectivity index (χ3n) is 6.18. The first-order valence-corrected chi connectivity index (χ1v) is 10.9. The van der Waals surface area contributed by atoms with E-state index in [0.29, 0.717) is 6.54 Å². The largest absolute Gasteiger partial charge is 0.507 e. The Kier molecular flexibility index (Phi) is 5.44. The quantitative estimate of drug-likeness (QED) is 0.400. The van der Waals surface area contributed by atoms with Gasteiger partial charge in [0.15, 0.2) is 0 Å². The molecule has 1 amide bonds. The number of aromatic hydroxyl groups is 1. The Hall–Kier alpha value is -3.16. The Labute approximate surface area is 181 Å². The molecule has 7 nitrogen and oxygen atoms in total. The lowest BCUT2D eigenvalue weighted by atomic mass is 10.0. The predicted molar refractivity (Wildman–Crippen MR) is 120 cm³/mol. The number of phenols is 1. The van der Waals surface area contributed by atoms with E-state index in [9.17, 15) is 9.90 Å². The van der Waals surface area contributed by atoms with Crippen LogP contribution in [0.2, 0.25) is 0 Å². The highest BCUT2D eigenvalue weighted by Gasteiger charge is 2.25. The molecule has 2 aliphatic rings. The molecule has 160 valence electrons. The normalized spacial score (nSPS) is 15.9. The SMILES string of the molecule is O=C(NCCN1CCCNCC1)c1cc(-c2n[nH]c3c2Cc2ccccc2-3)ccc1O. The fraction of sp³-hybridized carbons (Fsp3) is 0.333. The van der Waals surface area contributed by atoms with Crippen LogP contribution < -0.4 is 10.6 Å². The van der Waals surface area contributed by atoms with Gasteiger partial charge < -0.3 is 20.6 Å². The predicted octanol–water partition coefficient (Wildman–Crippen LogP) is 2.38. The minimum absolute atomic E-state index is 0.0179. The second-order valence-electron chi connectivity index (χ2n) is 8.19. The van der Waals surface area contributed by atoms with E-state index >= 15 is 0 Å². The van der Waals surface area contributed by atoms with Crippen molar-refractivity contribution < 1.29 is 9.90 Å². The fourth-order valence-electron chi connectivity index (χ4n) is 4.52. The fourth-order valence-corrected chi connectivity index (χ4v) is 4.52. The molecule has 4 N–H and O–H groups in total. The van der Waals surface area contributed by atoms with Crippen molar-refractivity contribution in [1.82, 2.24) is 25.7 Å². The van der Waals surface area contributed by atoms with Gasteiger partial charge in [-0.05, 0) is 43.3 Å². The second kappa shape index (κ2) is 8.53. The summed E-state index contributed by atoms with van der Waals surface area (Å²) in [6.45, 7) is 5.41. The van der Waals surface area contributed by atoms with E-state index in [1.54, 1.807) is 12.1 Å². The molecule has 5 rings (SSSR count). The lowest BCUT2D eigenvalue weighted by Crippen LogP contribution is -2.36. The molecule has 31 heavy (non-hydrogen) atoms. The molecule has 1 aromatic heterocycles. The van der Waals surface area contributed by atoms with Gasteiger partial charge in [-0.1, -0.05) is 24.3 Å². The van der Waals surface area contributed by atoms with E-state index < -0.39 is 0 Å². The second-order valence-corrected chi connectivity index (χ2v) is 8.19. The summed E-state index contributed by atoms with van der Waals surface area (Å²) in [5.74, 6) is -0.279. The Morgan fingerprint density at radius 1 is 1.16 bits per heavy atom. The number of rotatable bonds is 5. The van der Waals surface area contributed by atoms with Crippen LogP contribution in [0.3, 0.4) is 0 Å². The Bertz CT molecular complexity index is 1100. The number of aromatic nitrogens is 2. The molecule has 1 aliphatic carbocycles. The van der Waals surface area contributed by atoms with Crippen molar-refractivity contribution in [3.8, 4) is 28.3 Å². The van der Waals surface area contributed by atoms with Gasteiger partial charge in [0.05, 0.1) is 17.0 Å². The Balaban J connectivity index is 1.31. The van der Waals surface area contributed by atoms with Crippen LogP contribution in [0.25, 0.3) is 22.5 Å². The summed E-state index contributed by atoms with van der Waals surface area (Å²) in [5, 5.41) is 24.3. The van der Waals surface area contributed by atoms with Gasteiger partial charge in [0.1, 0.15) is 5.75 Å². The molecule has 2 aromatic carbocycles. The zero-order valence-electron chi connectivity index (χ0n) is 17.4. The zero-order chi connectivity index (χ0) is 21.2. The first-order valence-electron chi connectivity index (χ1n) is 10.9. The van der Waals surface area contributed by atoms with Crippen molar-refractivity contribution in [3.63, 3.8) is 0 Å². The number of nitrogens with one attached hydrogen (secondary N) is 3. The molecule has 3 aromatic rings. The number of nitrogens with zero attached hydrogens (tertiary/aromatic N) is 2. The molecule has 0 atom stereocenters. The van der Waals surface area contributed by atoms with Crippen molar-refractivity contribution >= 4 is 5.91 Å². The molecule has 1 saturated heterocycles. The maximum atomic E-state index is 12.8. The summed E-state index contributed by atoms with van der Waals surface area (Å²) >= 11 is 0. The Morgan fingerprint density at radius 2 is 2.06 bits per heavy atom. The van der Waals surface area contributed by atoms with E-state index in [1.165, 1.54) is 11.1 Å². The number of hydrogen-bond donors (Lipinski definition) is 4. The van der Waals surface area contributed by atoms with Crippen LogP contribution in [-0.4, -0.2) is 65.4 Å². The van der Waals surface area contributed by atoms with Gasteiger partial charge in [-0.2, -0.15) is 5.10 Å². The summed E-state index contributed by atoms with van der Waals surface area (Å²) in [7, 11) is 0. The maximum Gasteiger partial charge on any atom is 0.255 e. The van der Waals surface area contributed by atoms with Crippen LogP contribution in [0.1, 0.15) is 27.9 Å². The molecule has 1 fully saturated rings. The summed E-state index contributed by atoms with van der Waals surface area (Å²) in [5.41, 5.74) is 6.56. The number of amides is 1. The molecular weight excluding hydrogens is 390 g/mol. The monoisotopic (exact) mass is 417 g/mol. The van der Waals surface area contributed by atoms with Crippen molar-refractivity contribution in [3.05, 3.63) is 59.2 Å². The number of H-pyrrole nitrogens is 1. The average Bonchev–Trinajstić information content (AvgIpc) is 3.24. The van der Waals surface area contributed by atoms with E-state index in [2.05, 4.69) is 37.9 Å². The van der Waals surface area contributed by atoms with Gasteiger partial charge in [-0.3, -0.25) is 9.89 Å². The molecule has 0 spiro atoms. The lowest BCUT2D eigenvalue weighted by Gasteiger charge is -2.19. The van der Waals surface area contributed by atoms with E-state index in [1.807, 2.05) is 18.2 Å². The topological polar surface area (TPSA) is 93.3 Å². The molecule has 0 unspecified atom stereocenters. The highest BCUT2D eigenvalue weighted by atomic mass is 16.3. The number of aromatic amines is 1. The summed E-state index contributed by atoms with van der Waals surface area (Å²) in [6, 6.07) is 13.4. The number of benzene rings is 2. The third kappa shape index (κ3) is 3.94. The lowest BCUT2D eigenvalue weighted by molar-refractivity contribution is 0.0946. The standard InChI is InChI=1S/C24H27N5O2/c30-21-7-6-17(22-20-14-16-4-1-2-5-18(16)23(20)28-27-22)15-19(21)24(31)26-10-13-29-11-3-8-25-9-12-29/h1-2,4-7,15,25,30H,3,8-14H2,(H,26,31)(H,27,28). The smallest absolute Gasteiger partial charge is 0.255 e. The van der Waals surface area contributed by atoms with Gasteiger partial charge in [0, 0.05) is 49.3 Å². The number of fused-ring (bicyclic) bond motifs is 3. The average molecular weight is 418 g/mol. The van der Waals surface area contributed by atoms with Gasteiger partial charge in [-0.15, -0.1) is 0 Å². The highest BCUT2D eigenvalue weighted by molar-refractivity contribution is 5.98. The van der Waals surface area contributed by atoms with Crippen LogP contribution in [-0.2, 0) is 6.42 Å². The molecule has 0 saturated carbocycles. The summed E-state index contributed by atoms with van der Waals surface area (Å²) in [4.78, 5) is 15.1. The molecule has 7 heteroatoms. The van der Waals surface area contributed by atoms with Crippen molar-refractivity contribution in [2.24, 2.45) is 0 Å². The molecule has 2 heterocycles. The zero-order valence-corrected chi connectivity index (χ0v) is 17.4. The highest BCUT2D eigenvalue weighted by Crippen LogP contribution is 2.40. The van der Waals surface area contributed by atoms with E-state index in [0.717, 1.165) is 68.1 Å². The summed E-state index contributed by atoms with van der Waals surface area (Å²) < 4.78 is 0. The van der Waals surface area contributed by atoms with Crippen LogP contribution in [0.15, 0.2) is 42.5 Å². The molecule has 0 bridgehead atoms. The molecule has 1 aliphatic heterocycles. The number of carbonyl (C=O) groups excluding carboxylic acids is 1. The van der Waals surface area contributed by atoms with Crippen LogP contribution in [0.4, 0.5) is 0 Å². The van der Waals surface area contributed by atoms with Gasteiger partial charge in [0.25, 0.3) is 5.91 Å². The maximum absolute atomic E-state index is 12.8. The van der Waals surface area contributed by atoms with Crippen LogP contribution in [0.5, 0.6) is 5.75 Å². The van der Waals surface area contributed by atoms with Gasteiger partial charge in [0.2, 0.25) is 0 Å². The molecule has 0 radical (unpaired) electrons. The number of hydrogen-bond acceptors (Lipinski definition) is 5.